The molecule has 0 radical (unpaired) electrons. The topological polar surface area (TPSA) is 43.9 Å². The molecule has 12 rings (SSSR count). The van der Waals surface area contributed by atoms with Crippen molar-refractivity contribution in [3.63, 3.8) is 0 Å². The van der Waals surface area contributed by atoms with Gasteiger partial charge >= 0.3 is 0 Å². The van der Waals surface area contributed by atoms with Gasteiger partial charge in [-0.25, -0.2) is 9.97 Å². The zero-order valence-corrected chi connectivity index (χ0v) is 31.4. The summed E-state index contributed by atoms with van der Waals surface area (Å²) in [5, 5.41) is 5.67. The van der Waals surface area contributed by atoms with E-state index in [4.69, 9.17) is 14.4 Å². The Morgan fingerprint density at radius 2 is 1.02 bits per heavy atom. The van der Waals surface area contributed by atoms with E-state index in [1.807, 2.05) is 12.1 Å². The molecule has 57 heavy (non-hydrogen) atoms. The number of hydrogen-bond acceptors (Lipinski definition) is 4. The summed E-state index contributed by atoms with van der Waals surface area (Å²) >= 11 is 1.76. The first-order chi connectivity index (χ1) is 28.3. The summed E-state index contributed by atoms with van der Waals surface area (Å²) in [7, 11) is 0. The van der Waals surface area contributed by atoms with E-state index in [0.29, 0.717) is 5.82 Å². The quantitative estimate of drug-likeness (QED) is 0.176. The van der Waals surface area contributed by atoms with Gasteiger partial charge < -0.3 is 8.98 Å². The molecule has 8 aromatic carbocycles. The number of rotatable bonds is 5. The molecule has 0 spiro atoms. The number of thiophene rings is 1. The fourth-order valence-corrected chi connectivity index (χ4v) is 9.77. The van der Waals surface area contributed by atoms with Crippen LogP contribution in [0.1, 0.15) is 0 Å². The van der Waals surface area contributed by atoms with E-state index in [1.54, 1.807) is 11.3 Å². The van der Waals surface area contributed by atoms with E-state index < -0.39 is 0 Å². The lowest BCUT2D eigenvalue weighted by Gasteiger charge is -2.21. The molecule has 0 fully saturated rings. The first-order valence-corrected chi connectivity index (χ1v) is 20.0. The van der Waals surface area contributed by atoms with Crippen molar-refractivity contribution in [1.82, 2.24) is 14.5 Å². The Labute approximate surface area is 331 Å². The maximum atomic E-state index is 6.45. The lowest BCUT2D eigenvalue weighted by atomic mass is 9.91. The minimum Gasteiger partial charge on any atom is -0.456 e. The second-order valence-electron chi connectivity index (χ2n) is 14.5. The molecular formula is C52H31N3OS. The third-order valence-electron chi connectivity index (χ3n) is 11.2. The van der Waals surface area contributed by atoms with E-state index in [9.17, 15) is 0 Å². The second-order valence-corrected chi connectivity index (χ2v) is 15.6. The van der Waals surface area contributed by atoms with E-state index in [0.717, 1.165) is 98.7 Å². The van der Waals surface area contributed by atoms with Crippen molar-refractivity contribution in [2.75, 3.05) is 0 Å². The summed E-state index contributed by atoms with van der Waals surface area (Å²) in [6.07, 6.45) is 0. The zero-order valence-electron chi connectivity index (χ0n) is 30.6. The van der Waals surface area contributed by atoms with Gasteiger partial charge in [0.1, 0.15) is 11.2 Å². The number of aromatic nitrogens is 3. The summed E-state index contributed by atoms with van der Waals surface area (Å²) in [6, 6.07) is 66.8. The van der Waals surface area contributed by atoms with Crippen LogP contribution in [0, 0.1) is 0 Å². The Kier molecular flexibility index (Phi) is 7.06. The van der Waals surface area contributed by atoms with Crippen LogP contribution in [0.15, 0.2) is 192 Å². The highest BCUT2D eigenvalue weighted by atomic mass is 32.1. The van der Waals surface area contributed by atoms with Crippen molar-refractivity contribution < 1.29 is 4.42 Å². The van der Waals surface area contributed by atoms with E-state index in [-0.39, 0.29) is 0 Å². The highest BCUT2D eigenvalue weighted by molar-refractivity contribution is 7.26. The summed E-state index contributed by atoms with van der Waals surface area (Å²) in [6.45, 7) is 0. The molecule has 5 heteroatoms. The molecule has 4 aromatic heterocycles. The number of para-hydroxylation sites is 2. The molecule has 0 bridgehead atoms. The molecule has 0 atom stereocenters. The van der Waals surface area contributed by atoms with Crippen LogP contribution in [0.2, 0.25) is 0 Å². The molecule has 0 amide bonds. The van der Waals surface area contributed by atoms with Crippen molar-refractivity contribution in [3.8, 4) is 50.6 Å². The molecule has 0 N–H and O–H groups in total. The van der Waals surface area contributed by atoms with Crippen molar-refractivity contribution in [2.24, 2.45) is 0 Å². The average Bonchev–Trinajstić information content (AvgIpc) is 3.95. The number of furan rings is 1. The van der Waals surface area contributed by atoms with E-state index >= 15 is 0 Å². The molecular weight excluding hydrogens is 715 g/mol. The SMILES string of the molecule is c1ccc(-c2nc(-c3cc(-c4ccccc4)c(-n4c5ccccc5c5cc6oc7ccccc7c6cc54)c(-c4ccccc4)c3)c3sc4ccccc4c3n2)cc1. The van der Waals surface area contributed by atoms with Crippen LogP contribution >= 0.6 is 11.3 Å². The van der Waals surface area contributed by atoms with Crippen molar-refractivity contribution >= 4 is 75.4 Å². The first kappa shape index (κ1) is 32.0. The normalized spacial score (nSPS) is 11.9. The zero-order chi connectivity index (χ0) is 37.5. The van der Waals surface area contributed by atoms with Crippen molar-refractivity contribution in [2.45, 2.75) is 0 Å². The lowest BCUT2D eigenvalue weighted by Crippen LogP contribution is -2.02. The van der Waals surface area contributed by atoms with E-state index in [2.05, 4.69) is 180 Å². The van der Waals surface area contributed by atoms with Gasteiger partial charge in [0.15, 0.2) is 5.82 Å². The Morgan fingerprint density at radius 3 is 1.74 bits per heavy atom. The van der Waals surface area contributed by atoms with Gasteiger partial charge in [0.2, 0.25) is 0 Å². The molecule has 0 aliphatic heterocycles. The Morgan fingerprint density at radius 1 is 0.421 bits per heavy atom. The minimum absolute atomic E-state index is 0.715. The predicted octanol–water partition coefficient (Wildman–Crippen LogP) is 14.5. The van der Waals surface area contributed by atoms with Gasteiger partial charge in [-0.2, -0.15) is 0 Å². The third kappa shape index (κ3) is 4.99. The predicted molar refractivity (Wildman–Crippen MR) is 238 cm³/mol. The number of nitrogens with zero attached hydrogens (tertiary/aromatic N) is 3. The molecule has 0 saturated carbocycles. The fourth-order valence-electron chi connectivity index (χ4n) is 8.62. The Balaban J connectivity index is 1.24. The standard InChI is InChI=1S/C52H31N3OS/c1-4-16-32(17-5-1)39-28-35(48-51-49(38-24-12-15-27-47(38)57-51)54-52(53-48)34-20-8-3-9-21-34)29-40(33-18-6-2-7-19-33)50(39)55-43-25-13-10-22-36(43)41-31-46-42(30-44(41)55)37-23-11-14-26-45(37)56-46/h1-31H. The van der Waals surface area contributed by atoms with Crippen LogP contribution in [0.4, 0.5) is 0 Å². The van der Waals surface area contributed by atoms with Gasteiger partial charge in [-0.15, -0.1) is 11.3 Å². The summed E-state index contributed by atoms with van der Waals surface area (Å²) in [4.78, 5) is 10.7. The average molecular weight is 746 g/mol. The number of benzene rings is 8. The maximum Gasteiger partial charge on any atom is 0.160 e. The smallest absolute Gasteiger partial charge is 0.160 e. The summed E-state index contributed by atoms with van der Waals surface area (Å²) < 4.78 is 11.2. The highest BCUT2D eigenvalue weighted by Gasteiger charge is 2.25. The number of fused-ring (bicyclic) bond motifs is 9. The van der Waals surface area contributed by atoms with Crippen LogP contribution < -0.4 is 0 Å². The first-order valence-electron chi connectivity index (χ1n) is 19.2. The van der Waals surface area contributed by atoms with Gasteiger partial charge in [-0.1, -0.05) is 146 Å². The minimum atomic E-state index is 0.715. The monoisotopic (exact) mass is 745 g/mol. The van der Waals surface area contributed by atoms with Crippen molar-refractivity contribution in [1.29, 1.82) is 0 Å². The molecule has 266 valence electrons. The van der Waals surface area contributed by atoms with Crippen molar-refractivity contribution in [3.05, 3.63) is 188 Å². The van der Waals surface area contributed by atoms with Crippen LogP contribution in [0.3, 0.4) is 0 Å². The van der Waals surface area contributed by atoms with Crippen LogP contribution in [0.25, 0.3) is 115 Å². The van der Waals surface area contributed by atoms with Gasteiger partial charge in [0.25, 0.3) is 0 Å². The van der Waals surface area contributed by atoms with Crippen LogP contribution in [0.5, 0.6) is 0 Å². The lowest BCUT2D eigenvalue weighted by molar-refractivity contribution is 0.669. The highest BCUT2D eigenvalue weighted by Crippen LogP contribution is 2.47. The largest absolute Gasteiger partial charge is 0.456 e. The van der Waals surface area contributed by atoms with Gasteiger partial charge in [0.05, 0.1) is 32.6 Å². The van der Waals surface area contributed by atoms with Gasteiger partial charge in [-0.3, -0.25) is 0 Å². The third-order valence-corrected chi connectivity index (χ3v) is 12.4. The maximum absolute atomic E-state index is 6.45. The molecule has 4 heterocycles. The molecule has 4 nitrogen and oxygen atoms in total. The molecule has 12 aromatic rings. The van der Waals surface area contributed by atoms with Crippen LogP contribution in [-0.4, -0.2) is 14.5 Å². The molecule has 0 aliphatic carbocycles. The van der Waals surface area contributed by atoms with Gasteiger partial charge in [-0.05, 0) is 53.6 Å². The second kappa shape index (κ2) is 12.6. The van der Waals surface area contributed by atoms with E-state index in [1.165, 1.54) is 10.1 Å². The summed E-state index contributed by atoms with van der Waals surface area (Å²) in [5.41, 5.74) is 13.5. The molecule has 0 unspecified atom stereocenters. The Bertz CT molecular complexity index is 3450. The molecule has 0 aliphatic rings. The number of hydrogen-bond donors (Lipinski definition) is 0. The summed E-state index contributed by atoms with van der Waals surface area (Å²) in [5.74, 6) is 0.715. The van der Waals surface area contributed by atoms with Crippen LogP contribution in [-0.2, 0) is 0 Å². The van der Waals surface area contributed by atoms with Gasteiger partial charge in [0, 0.05) is 53.9 Å². The molecule has 0 saturated heterocycles. The fraction of sp³-hybridized carbons (Fsp3) is 0. The Hall–Kier alpha value is -7.34.